The standard InChI is InChI=1S/C17H23NO2/c1-4-5-6-7-8-13-9-10-14-15(11-13)17(20)18(12(2)3)16(14)19/h9-12H,4-8H2,1-3H3. The Morgan fingerprint density at radius 2 is 1.70 bits per heavy atom. The minimum Gasteiger partial charge on any atom is -0.272 e. The van der Waals surface area contributed by atoms with Gasteiger partial charge in [-0.1, -0.05) is 32.3 Å². The molecule has 1 aliphatic rings. The minimum absolute atomic E-state index is 0.0876. The first-order valence-electron chi connectivity index (χ1n) is 7.57. The van der Waals surface area contributed by atoms with Crippen molar-refractivity contribution in [2.75, 3.05) is 0 Å². The van der Waals surface area contributed by atoms with Crippen LogP contribution in [0.3, 0.4) is 0 Å². The number of imide groups is 1. The Morgan fingerprint density at radius 3 is 2.35 bits per heavy atom. The van der Waals surface area contributed by atoms with Crippen molar-refractivity contribution in [1.29, 1.82) is 0 Å². The van der Waals surface area contributed by atoms with E-state index in [1.807, 2.05) is 32.0 Å². The van der Waals surface area contributed by atoms with Crippen molar-refractivity contribution in [2.45, 2.75) is 58.9 Å². The molecule has 3 heteroatoms. The van der Waals surface area contributed by atoms with E-state index in [9.17, 15) is 9.59 Å². The quantitative estimate of drug-likeness (QED) is 0.584. The molecule has 1 aromatic carbocycles. The van der Waals surface area contributed by atoms with Gasteiger partial charge in [0.2, 0.25) is 0 Å². The molecule has 0 atom stereocenters. The van der Waals surface area contributed by atoms with Crippen molar-refractivity contribution in [3.63, 3.8) is 0 Å². The van der Waals surface area contributed by atoms with E-state index in [1.165, 1.54) is 24.2 Å². The molecule has 1 aliphatic heterocycles. The third kappa shape index (κ3) is 2.77. The van der Waals surface area contributed by atoms with Crippen LogP contribution in [0.25, 0.3) is 0 Å². The van der Waals surface area contributed by atoms with Gasteiger partial charge in [0.05, 0.1) is 11.1 Å². The maximum atomic E-state index is 12.3. The van der Waals surface area contributed by atoms with Crippen molar-refractivity contribution in [3.8, 4) is 0 Å². The molecule has 20 heavy (non-hydrogen) atoms. The molecule has 0 radical (unpaired) electrons. The summed E-state index contributed by atoms with van der Waals surface area (Å²) in [5.41, 5.74) is 2.30. The van der Waals surface area contributed by atoms with Gasteiger partial charge in [0.15, 0.2) is 0 Å². The van der Waals surface area contributed by atoms with Crippen LogP contribution in [0.4, 0.5) is 0 Å². The van der Waals surface area contributed by atoms with Crippen LogP contribution < -0.4 is 0 Å². The summed E-state index contributed by atoms with van der Waals surface area (Å²) >= 11 is 0. The molecule has 1 aromatic rings. The zero-order chi connectivity index (χ0) is 14.7. The van der Waals surface area contributed by atoms with Gasteiger partial charge in [0.25, 0.3) is 11.8 Å². The van der Waals surface area contributed by atoms with E-state index in [2.05, 4.69) is 6.92 Å². The molecule has 0 unspecified atom stereocenters. The third-order valence-electron chi connectivity index (χ3n) is 3.82. The Labute approximate surface area is 121 Å². The fraction of sp³-hybridized carbons (Fsp3) is 0.529. The summed E-state index contributed by atoms with van der Waals surface area (Å²) < 4.78 is 0. The van der Waals surface area contributed by atoms with Gasteiger partial charge in [0.1, 0.15) is 0 Å². The Balaban J connectivity index is 2.14. The summed E-state index contributed by atoms with van der Waals surface area (Å²) in [6, 6.07) is 5.62. The summed E-state index contributed by atoms with van der Waals surface area (Å²) in [6.45, 7) is 5.93. The van der Waals surface area contributed by atoms with Crippen molar-refractivity contribution in [1.82, 2.24) is 4.90 Å². The molecule has 0 aromatic heterocycles. The van der Waals surface area contributed by atoms with E-state index >= 15 is 0 Å². The maximum Gasteiger partial charge on any atom is 0.261 e. The van der Waals surface area contributed by atoms with Crippen molar-refractivity contribution in [3.05, 3.63) is 34.9 Å². The summed E-state index contributed by atoms with van der Waals surface area (Å²) in [5, 5.41) is 0. The Hall–Kier alpha value is -1.64. The molecule has 0 N–H and O–H groups in total. The first kappa shape index (κ1) is 14.8. The molecule has 0 aliphatic carbocycles. The highest BCUT2D eigenvalue weighted by molar-refractivity contribution is 6.21. The Kier molecular flexibility index (Phi) is 4.58. The van der Waals surface area contributed by atoms with Gasteiger partial charge in [-0.05, 0) is 44.4 Å². The lowest BCUT2D eigenvalue weighted by atomic mass is 10.0. The summed E-state index contributed by atoms with van der Waals surface area (Å²) in [7, 11) is 0. The SMILES string of the molecule is CCCCCCc1ccc2c(c1)C(=O)N(C(C)C)C2=O. The fourth-order valence-corrected chi connectivity index (χ4v) is 2.69. The number of hydrogen-bond donors (Lipinski definition) is 0. The van der Waals surface area contributed by atoms with E-state index in [4.69, 9.17) is 0 Å². The zero-order valence-corrected chi connectivity index (χ0v) is 12.6. The second-order valence-corrected chi connectivity index (χ2v) is 5.76. The number of fused-ring (bicyclic) bond motifs is 1. The van der Waals surface area contributed by atoms with Gasteiger partial charge in [0, 0.05) is 6.04 Å². The highest BCUT2D eigenvalue weighted by Gasteiger charge is 2.36. The van der Waals surface area contributed by atoms with E-state index < -0.39 is 0 Å². The summed E-state index contributed by atoms with van der Waals surface area (Å²) in [6.07, 6.45) is 5.82. The number of carbonyl (C=O) groups is 2. The first-order chi connectivity index (χ1) is 9.56. The molecule has 2 rings (SSSR count). The molecule has 108 valence electrons. The molecule has 0 bridgehead atoms. The monoisotopic (exact) mass is 273 g/mol. The predicted octanol–water partition coefficient (Wildman–Crippen LogP) is 3.81. The van der Waals surface area contributed by atoms with Gasteiger partial charge in [-0.25, -0.2) is 0 Å². The van der Waals surface area contributed by atoms with Gasteiger partial charge >= 0.3 is 0 Å². The van der Waals surface area contributed by atoms with Crippen molar-refractivity contribution < 1.29 is 9.59 Å². The van der Waals surface area contributed by atoms with Crippen molar-refractivity contribution >= 4 is 11.8 Å². The van der Waals surface area contributed by atoms with Gasteiger partial charge < -0.3 is 0 Å². The minimum atomic E-state index is -0.155. The lowest BCUT2D eigenvalue weighted by Gasteiger charge is -2.17. The second-order valence-electron chi connectivity index (χ2n) is 5.76. The highest BCUT2D eigenvalue weighted by Crippen LogP contribution is 2.26. The normalized spacial score (nSPS) is 14.3. The summed E-state index contributed by atoms with van der Waals surface area (Å²) in [5.74, 6) is -0.298. The van der Waals surface area contributed by atoms with Gasteiger partial charge in [-0.15, -0.1) is 0 Å². The van der Waals surface area contributed by atoms with Gasteiger partial charge in [-0.2, -0.15) is 0 Å². The van der Waals surface area contributed by atoms with Gasteiger partial charge in [-0.3, -0.25) is 14.5 Å². The van der Waals surface area contributed by atoms with Crippen LogP contribution in [0.1, 0.15) is 72.7 Å². The average molecular weight is 273 g/mol. The zero-order valence-electron chi connectivity index (χ0n) is 12.6. The number of nitrogens with zero attached hydrogens (tertiary/aromatic N) is 1. The van der Waals surface area contributed by atoms with E-state index in [1.54, 1.807) is 0 Å². The fourth-order valence-electron chi connectivity index (χ4n) is 2.69. The number of rotatable bonds is 6. The van der Waals surface area contributed by atoms with E-state index in [0.29, 0.717) is 11.1 Å². The lowest BCUT2D eigenvalue weighted by molar-refractivity contribution is 0.0609. The molecular weight excluding hydrogens is 250 g/mol. The number of benzene rings is 1. The Morgan fingerprint density at radius 1 is 1.00 bits per heavy atom. The van der Waals surface area contributed by atoms with E-state index in [0.717, 1.165) is 18.4 Å². The van der Waals surface area contributed by atoms with Crippen LogP contribution in [0, 0.1) is 0 Å². The summed E-state index contributed by atoms with van der Waals surface area (Å²) in [4.78, 5) is 25.8. The smallest absolute Gasteiger partial charge is 0.261 e. The van der Waals surface area contributed by atoms with Crippen LogP contribution in [0.15, 0.2) is 18.2 Å². The second kappa shape index (κ2) is 6.21. The highest BCUT2D eigenvalue weighted by atomic mass is 16.2. The van der Waals surface area contributed by atoms with Crippen LogP contribution in [-0.2, 0) is 6.42 Å². The molecule has 2 amide bonds. The van der Waals surface area contributed by atoms with Crippen LogP contribution in [-0.4, -0.2) is 22.8 Å². The number of carbonyl (C=O) groups excluding carboxylic acids is 2. The van der Waals surface area contributed by atoms with Crippen LogP contribution in [0.2, 0.25) is 0 Å². The topological polar surface area (TPSA) is 37.4 Å². The lowest BCUT2D eigenvalue weighted by Crippen LogP contribution is -2.35. The number of unbranched alkanes of at least 4 members (excludes halogenated alkanes) is 3. The van der Waals surface area contributed by atoms with E-state index in [-0.39, 0.29) is 17.9 Å². The first-order valence-corrected chi connectivity index (χ1v) is 7.57. The number of amides is 2. The average Bonchev–Trinajstić information content (AvgIpc) is 2.67. The molecule has 3 nitrogen and oxygen atoms in total. The Bertz CT molecular complexity index is 520. The predicted molar refractivity (Wildman–Crippen MR) is 79.9 cm³/mol. The van der Waals surface area contributed by atoms with Crippen molar-refractivity contribution in [2.24, 2.45) is 0 Å². The van der Waals surface area contributed by atoms with Crippen LogP contribution >= 0.6 is 0 Å². The molecular formula is C17H23NO2. The number of hydrogen-bond acceptors (Lipinski definition) is 2. The number of aryl methyl sites for hydroxylation is 1. The third-order valence-corrected chi connectivity index (χ3v) is 3.82. The maximum absolute atomic E-state index is 12.3. The largest absolute Gasteiger partial charge is 0.272 e. The van der Waals surface area contributed by atoms with Crippen LogP contribution in [0.5, 0.6) is 0 Å². The molecule has 0 saturated carbocycles. The molecule has 0 spiro atoms. The molecule has 0 fully saturated rings. The molecule has 0 saturated heterocycles. The molecule has 1 heterocycles.